The van der Waals surface area contributed by atoms with Crippen LogP contribution < -0.4 is 5.56 Å². The number of aryl methyl sites for hydroxylation is 1. The molecule has 1 atom stereocenters. The molecule has 5 rings (SSSR count). The molecular weight excluding hydrogens is 435 g/mol. The molecule has 3 heterocycles. The number of rotatable bonds is 5. The van der Waals surface area contributed by atoms with Crippen molar-refractivity contribution in [3.63, 3.8) is 0 Å². The molecule has 1 fully saturated rings. The number of nitrogens with zero attached hydrogens (tertiary/aromatic N) is 5. The predicted molar refractivity (Wildman–Crippen MR) is 125 cm³/mol. The van der Waals surface area contributed by atoms with Gasteiger partial charge in [-0.2, -0.15) is 0 Å². The Balaban J connectivity index is 1.37. The number of nitrogens with one attached hydrogen (secondary N) is 1. The normalized spacial score (nSPS) is 16.2. The number of amides is 1. The summed E-state index contributed by atoms with van der Waals surface area (Å²) < 4.78 is 14.8. The Hall–Kier alpha value is -3.88. The van der Waals surface area contributed by atoms with Crippen LogP contribution in [0.25, 0.3) is 11.2 Å². The van der Waals surface area contributed by atoms with E-state index >= 15 is 0 Å². The molecule has 174 valence electrons. The Morgan fingerprint density at radius 2 is 1.97 bits per heavy atom. The average molecular weight is 461 g/mol. The first-order chi connectivity index (χ1) is 16.5. The number of carbonyl (C=O) groups is 1. The van der Waals surface area contributed by atoms with E-state index in [4.69, 9.17) is 4.98 Å². The van der Waals surface area contributed by atoms with Crippen molar-refractivity contribution < 1.29 is 9.18 Å². The lowest BCUT2D eigenvalue weighted by molar-refractivity contribution is -0.131. The molecular formula is C25H25FN6O2. The molecule has 1 amide bonds. The van der Waals surface area contributed by atoms with Crippen LogP contribution in [0.3, 0.4) is 0 Å². The van der Waals surface area contributed by atoms with Gasteiger partial charge in [-0.15, -0.1) is 5.10 Å². The highest BCUT2D eigenvalue weighted by molar-refractivity contribution is 5.79. The molecule has 0 spiro atoms. The number of likely N-dealkylation sites (tertiary alicyclic amines) is 1. The second-order valence-electron chi connectivity index (χ2n) is 8.78. The van der Waals surface area contributed by atoms with Gasteiger partial charge in [0.2, 0.25) is 5.91 Å². The zero-order valence-corrected chi connectivity index (χ0v) is 18.9. The van der Waals surface area contributed by atoms with Crippen LogP contribution in [0.15, 0.2) is 53.3 Å². The van der Waals surface area contributed by atoms with E-state index in [1.54, 1.807) is 21.7 Å². The maximum absolute atomic E-state index is 13.2. The van der Waals surface area contributed by atoms with Gasteiger partial charge >= 0.3 is 0 Å². The summed E-state index contributed by atoms with van der Waals surface area (Å²) in [5.41, 5.74) is 3.29. The lowest BCUT2D eigenvalue weighted by Gasteiger charge is -2.32. The molecule has 1 aliphatic rings. The number of hydrogen-bond donors (Lipinski definition) is 1. The van der Waals surface area contributed by atoms with Crippen molar-refractivity contribution in [2.75, 3.05) is 13.1 Å². The molecule has 2 aromatic heterocycles. The molecule has 1 saturated heterocycles. The van der Waals surface area contributed by atoms with Crippen molar-refractivity contribution in [3.05, 3.63) is 87.2 Å². The predicted octanol–water partition coefficient (Wildman–Crippen LogP) is 2.96. The Labute approximate surface area is 195 Å². The maximum atomic E-state index is 13.2. The molecule has 0 bridgehead atoms. The third kappa shape index (κ3) is 4.46. The van der Waals surface area contributed by atoms with Crippen molar-refractivity contribution in [1.82, 2.24) is 29.9 Å². The highest BCUT2D eigenvalue weighted by atomic mass is 19.1. The third-order valence-electron chi connectivity index (χ3n) is 6.40. The molecule has 2 aromatic carbocycles. The van der Waals surface area contributed by atoms with E-state index in [2.05, 4.69) is 15.3 Å². The van der Waals surface area contributed by atoms with Crippen LogP contribution in [0.1, 0.15) is 41.3 Å². The first-order valence-corrected chi connectivity index (χ1v) is 11.4. The molecule has 0 unspecified atom stereocenters. The van der Waals surface area contributed by atoms with Gasteiger partial charge in [0, 0.05) is 19.0 Å². The number of benzene rings is 2. The number of hydrogen-bond acceptors (Lipinski definition) is 5. The van der Waals surface area contributed by atoms with E-state index in [0.29, 0.717) is 31.1 Å². The maximum Gasteiger partial charge on any atom is 0.281 e. The van der Waals surface area contributed by atoms with Crippen molar-refractivity contribution in [3.8, 4) is 0 Å². The van der Waals surface area contributed by atoms with Gasteiger partial charge in [-0.1, -0.05) is 41.6 Å². The smallest absolute Gasteiger partial charge is 0.281 e. The van der Waals surface area contributed by atoms with Gasteiger partial charge in [0.1, 0.15) is 11.6 Å². The monoisotopic (exact) mass is 460 g/mol. The molecule has 0 radical (unpaired) electrons. The standard InChI is InChI=1S/C25H25FN6O2/c1-16-5-2-3-6-18(16)15-32-24-22(29-30-32)25(34)28-23(27-24)19-7-4-12-31(14-19)21(33)13-17-8-10-20(26)11-9-17/h2-3,5-6,8-11,19H,4,7,12-15H2,1H3,(H,27,28,34)/t19-/m1/s1. The number of H-pyrrole nitrogens is 1. The van der Waals surface area contributed by atoms with Gasteiger partial charge in [0.15, 0.2) is 11.2 Å². The van der Waals surface area contributed by atoms with Crippen LogP contribution in [0.5, 0.6) is 0 Å². The number of piperidine rings is 1. The number of halogens is 1. The minimum Gasteiger partial charge on any atom is -0.342 e. The summed E-state index contributed by atoms with van der Waals surface area (Å²) in [6.45, 7) is 3.61. The Kier molecular flexibility index (Phi) is 5.91. The summed E-state index contributed by atoms with van der Waals surface area (Å²) >= 11 is 0. The van der Waals surface area contributed by atoms with Crippen molar-refractivity contribution in [1.29, 1.82) is 0 Å². The first kappa shape index (κ1) is 21.9. The second kappa shape index (κ2) is 9.17. The highest BCUT2D eigenvalue weighted by Crippen LogP contribution is 2.25. The largest absolute Gasteiger partial charge is 0.342 e. The quantitative estimate of drug-likeness (QED) is 0.494. The average Bonchev–Trinajstić information content (AvgIpc) is 3.25. The SMILES string of the molecule is Cc1ccccc1Cn1nnc2c(=O)[nH]c([C@@H]3CCCN(C(=O)Cc4ccc(F)cc4)C3)nc21. The highest BCUT2D eigenvalue weighted by Gasteiger charge is 2.27. The Morgan fingerprint density at radius 3 is 2.76 bits per heavy atom. The lowest BCUT2D eigenvalue weighted by Crippen LogP contribution is -2.40. The second-order valence-corrected chi connectivity index (χ2v) is 8.78. The fourth-order valence-electron chi connectivity index (χ4n) is 4.45. The summed E-state index contributed by atoms with van der Waals surface area (Å²) in [4.78, 5) is 35.0. The Bertz CT molecular complexity index is 1390. The van der Waals surface area contributed by atoms with Gasteiger partial charge < -0.3 is 9.88 Å². The topological polar surface area (TPSA) is 96.8 Å². The van der Waals surface area contributed by atoms with Gasteiger partial charge in [-0.3, -0.25) is 9.59 Å². The van der Waals surface area contributed by atoms with Gasteiger partial charge in [0.05, 0.1) is 13.0 Å². The summed E-state index contributed by atoms with van der Waals surface area (Å²) in [7, 11) is 0. The van der Waals surface area contributed by atoms with Crippen LogP contribution in [0.2, 0.25) is 0 Å². The van der Waals surface area contributed by atoms with E-state index in [1.807, 2.05) is 31.2 Å². The zero-order valence-electron chi connectivity index (χ0n) is 18.9. The molecule has 34 heavy (non-hydrogen) atoms. The number of aromatic nitrogens is 5. The van der Waals surface area contributed by atoms with E-state index in [1.165, 1.54) is 12.1 Å². The van der Waals surface area contributed by atoms with Crippen molar-refractivity contribution in [2.24, 2.45) is 0 Å². The van der Waals surface area contributed by atoms with Crippen LogP contribution in [-0.4, -0.2) is 48.9 Å². The third-order valence-corrected chi connectivity index (χ3v) is 6.40. The van der Waals surface area contributed by atoms with Crippen LogP contribution >= 0.6 is 0 Å². The molecule has 8 nitrogen and oxygen atoms in total. The first-order valence-electron chi connectivity index (χ1n) is 11.4. The van der Waals surface area contributed by atoms with Gasteiger partial charge in [0.25, 0.3) is 5.56 Å². The molecule has 9 heteroatoms. The van der Waals surface area contributed by atoms with Crippen LogP contribution in [0, 0.1) is 12.7 Å². The summed E-state index contributed by atoms with van der Waals surface area (Å²) in [6, 6.07) is 14.0. The van der Waals surface area contributed by atoms with E-state index in [-0.39, 0.29) is 35.1 Å². The lowest BCUT2D eigenvalue weighted by atomic mass is 9.96. The summed E-state index contributed by atoms with van der Waals surface area (Å²) in [6.07, 6.45) is 1.83. The molecule has 0 saturated carbocycles. The fraction of sp³-hybridized carbons (Fsp3) is 0.320. The van der Waals surface area contributed by atoms with Crippen molar-refractivity contribution in [2.45, 2.75) is 38.6 Å². The molecule has 1 N–H and O–H groups in total. The van der Waals surface area contributed by atoms with Gasteiger partial charge in [-0.25, -0.2) is 14.1 Å². The zero-order chi connectivity index (χ0) is 23.7. The van der Waals surface area contributed by atoms with E-state index in [0.717, 1.165) is 29.5 Å². The summed E-state index contributed by atoms with van der Waals surface area (Å²) in [5, 5.41) is 8.21. The van der Waals surface area contributed by atoms with Crippen LogP contribution in [0.4, 0.5) is 4.39 Å². The number of fused-ring (bicyclic) bond motifs is 1. The fourth-order valence-corrected chi connectivity index (χ4v) is 4.45. The molecule has 0 aliphatic carbocycles. The minimum atomic E-state index is -0.328. The van der Waals surface area contributed by atoms with Gasteiger partial charge in [-0.05, 0) is 48.6 Å². The van der Waals surface area contributed by atoms with Crippen molar-refractivity contribution >= 4 is 17.1 Å². The molecule has 4 aromatic rings. The number of carbonyl (C=O) groups excluding carboxylic acids is 1. The van der Waals surface area contributed by atoms with Crippen LogP contribution in [-0.2, 0) is 17.8 Å². The van der Waals surface area contributed by atoms with E-state index < -0.39 is 0 Å². The molecule has 1 aliphatic heterocycles. The summed E-state index contributed by atoms with van der Waals surface area (Å²) in [5.74, 6) is 0.108. The number of aromatic amines is 1. The Morgan fingerprint density at radius 1 is 1.18 bits per heavy atom. The van der Waals surface area contributed by atoms with E-state index in [9.17, 15) is 14.0 Å². The minimum absolute atomic E-state index is 0.0222.